The maximum absolute atomic E-state index is 12.1. The Morgan fingerprint density at radius 1 is 1.28 bits per heavy atom. The third-order valence-electron chi connectivity index (χ3n) is 2.25. The number of hydrogen-bond donors (Lipinski definition) is 1. The molecule has 0 aliphatic rings. The third kappa shape index (κ3) is 3.28. The maximum Gasteiger partial charge on any atom is 0.267 e. The van der Waals surface area contributed by atoms with Crippen molar-refractivity contribution in [3.8, 4) is 0 Å². The van der Waals surface area contributed by atoms with Gasteiger partial charge < -0.3 is 10.6 Å². The van der Waals surface area contributed by atoms with Crippen molar-refractivity contribution in [2.24, 2.45) is 5.73 Å². The summed E-state index contributed by atoms with van der Waals surface area (Å²) in [6.45, 7) is 8.02. The summed E-state index contributed by atoms with van der Waals surface area (Å²) in [6.07, 6.45) is 4.60. The lowest BCUT2D eigenvalue weighted by molar-refractivity contribution is 0.0789. The summed E-state index contributed by atoms with van der Waals surface area (Å²) in [5.74, 6) is -0.818. The van der Waals surface area contributed by atoms with Crippen LogP contribution in [0.3, 0.4) is 0 Å². The largest absolute Gasteiger partial charge is 0.364 e. The Morgan fingerprint density at radius 3 is 2.28 bits per heavy atom. The number of nitrogens with two attached hydrogens (primary N) is 1. The van der Waals surface area contributed by atoms with E-state index < -0.39 is 5.91 Å². The molecule has 0 atom stereocenters. The first kappa shape index (κ1) is 13.6. The van der Waals surface area contributed by atoms with E-state index in [0.717, 1.165) is 0 Å². The number of aromatic nitrogens is 1. The predicted molar refractivity (Wildman–Crippen MR) is 69.1 cm³/mol. The normalized spacial score (nSPS) is 9.56. The average Bonchev–Trinajstić information content (AvgIpc) is 2.38. The van der Waals surface area contributed by atoms with Gasteiger partial charge in [0.1, 0.15) is 5.69 Å². The van der Waals surface area contributed by atoms with Crippen molar-refractivity contribution in [1.82, 2.24) is 9.88 Å². The van der Waals surface area contributed by atoms with Gasteiger partial charge in [-0.15, -0.1) is 13.2 Å². The second-order valence-electron chi connectivity index (χ2n) is 3.58. The van der Waals surface area contributed by atoms with E-state index >= 15 is 0 Å². The van der Waals surface area contributed by atoms with Crippen LogP contribution in [-0.4, -0.2) is 34.8 Å². The van der Waals surface area contributed by atoms with Crippen LogP contribution in [-0.2, 0) is 0 Å². The lowest BCUT2D eigenvalue weighted by atomic mass is 10.2. The van der Waals surface area contributed by atoms with Gasteiger partial charge in [0.15, 0.2) is 0 Å². The van der Waals surface area contributed by atoms with Crippen LogP contribution < -0.4 is 5.73 Å². The molecule has 0 fully saturated rings. The number of hydrogen-bond acceptors (Lipinski definition) is 3. The molecule has 2 amide bonds. The molecule has 5 nitrogen and oxygen atoms in total. The summed E-state index contributed by atoms with van der Waals surface area (Å²) in [6, 6.07) is 2.95. The van der Waals surface area contributed by atoms with E-state index in [4.69, 9.17) is 5.73 Å². The van der Waals surface area contributed by atoms with Gasteiger partial charge in [-0.1, -0.05) is 12.2 Å². The molecule has 18 heavy (non-hydrogen) atoms. The Bertz CT molecular complexity index is 456. The third-order valence-corrected chi connectivity index (χ3v) is 2.25. The first-order chi connectivity index (χ1) is 8.60. The molecule has 0 radical (unpaired) electrons. The molecule has 2 N–H and O–H groups in total. The molecule has 1 aromatic heterocycles. The summed E-state index contributed by atoms with van der Waals surface area (Å²) >= 11 is 0. The molecule has 0 aromatic carbocycles. The van der Waals surface area contributed by atoms with Crippen LogP contribution in [0, 0.1) is 0 Å². The van der Waals surface area contributed by atoms with E-state index in [0.29, 0.717) is 18.7 Å². The van der Waals surface area contributed by atoms with E-state index in [1.807, 2.05) is 0 Å². The van der Waals surface area contributed by atoms with Gasteiger partial charge >= 0.3 is 0 Å². The fraction of sp³-hybridized carbons (Fsp3) is 0.154. The van der Waals surface area contributed by atoms with Crippen molar-refractivity contribution >= 4 is 11.8 Å². The highest BCUT2D eigenvalue weighted by atomic mass is 16.2. The second kappa shape index (κ2) is 6.34. The first-order valence-electron chi connectivity index (χ1n) is 5.37. The molecule has 0 bridgehead atoms. The van der Waals surface area contributed by atoms with E-state index in [9.17, 15) is 9.59 Å². The summed E-state index contributed by atoms with van der Waals surface area (Å²) in [5, 5.41) is 0. The Kier molecular flexibility index (Phi) is 4.80. The standard InChI is InChI=1S/C13H15N3O2/c1-3-7-16(8-4-2)13(18)10-5-6-11(12(14)17)15-9-10/h3-6,9H,1-2,7-8H2,(H2,14,17). The summed E-state index contributed by atoms with van der Waals surface area (Å²) in [4.78, 5) is 28.3. The zero-order chi connectivity index (χ0) is 13.5. The maximum atomic E-state index is 12.1. The van der Waals surface area contributed by atoms with Gasteiger partial charge in [0.2, 0.25) is 0 Å². The van der Waals surface area contributed by atoms with Crippen LogP contribution in [0.5, 0.6) is 0 Å². The summed E-state index contributed by atoms with van der Waals surface area (Å²) < 4.78 is 0. The highest BCUT2D eigenvalue weighted by molar-refractivity contribution is 5.95. The zero-order valence-corrected chi connectivity index (χ0v) is 10.0. The molecule has 0 saturated heterocycles. The molecule has 0 unspecified atom stereocenters. The van der Waals surface area contributed by atoms with Crippen molar-refractivity contribution in [2.75, 3.05) is 13.1 Å². The lowest BCUT2D eigenvalue weighted by Crippen LogP contribution is -2.31. The minimum atomic E-state index is -0.622. The molecule has 1 aromatic rings. The fourth-order valence-electron chi connectivity index (χ4n) is 1.40. The monoisotopic (exact) mass is 245 g/mol. The number of primary amides is 1. The second-order valence-corrected chi connectivity index (χ2v) is 3.58. The lowest BCUT2D eigenvalue weighted by Gasteiger charge is -2.19. The molecule has 0 spiro atoms. The van der Waals surface area contributed by atoms with Gasteiger partial charge in [0, 0.05) is 19.3 Å². The van der Waals surface area contributed by atoms with Crippen molar-refractivity contribution in [3.63, 3.8) is 0 Å². The quantitative estimate of drug-likeness (QED) is 0.759. The van der Waals surface area contributed by atoms with E-state index in [1.54, 1.807) is 17.1 Å². The molecule has 5 heteroatoms. The van der Waals surface area contributed by atoms with E-state index in [-0.39, 0.29) is 11.6 Å². The van der Waals surface area contributed by atoms with E-state index in [1.165, 1.54) is 18.3 Å². The van der Waals surface area contributed by atoms with Gasteiger partial charge in [-0.05, 0) is 12.1 Å². The molecular weight excluding hydrogens is 230 g/mol. The number of pyridine rings is 1. The Hall–Kier alpha value is -2.43. The van der Waals surface area contributed by atoms with Crippen molar-refractivity contribution in [2.45, 2.75) is 0 Å². The van der Waals surface area contributed by atoms with Crippen LogP contribution in [0.25, 0.3) is 0 Å². The zero-order valence-electron chi connectivity index (χ0n) is 10.0. The van der Waals surface area contributed by atoms with E-state index in [2.05, 4.69) is 18.1 Å². The van der Waals surface area contributed by atoms with Crippen molar-refractivity contribution in [3.05, 3.63) is 54.9 Å². The highest BCUT2D eigenvalue weighted by Gasteiger charge is 2.14. The van der Waals surface area contributed by atoms with Crippen LogP contribution in [0.4, 0.5) is 0 Å². The van der Waals surface area contributed by atoms with Crippen LogP contribution in [0.15, 0.2) is 43.6 Å². The number of carbonyl (C=O) groups is 2. The molecule has 0 saturated carbocycles. The van der Waals surface area contributed by atoms with Crippen molar-refractivity contribution < 1.29 is 9.59 Å². The summed E-state index contributed by atoms with van der Waals surface area (Å²) in [7, 11) is 0. The predicted octanol–water partition coefficient (Wildman–Crippen LogP) is 0.995. The van der Waals surface area contributed by atoms with Crippen LogP contribution in [0.1, 0.15) is 20.8 Å². The molecule has 94 valence electrons. The molecule has 0 aliphatic carbocycles. The average molecular weight is 245 g/mol. The Morgan fingerprint density at radius 2 is 1.89 bits per heavy atom. The fourth-order valence-corrected chi connectivity index (χ4v) is 1.40. The number of nitrogens with zero attached hydrogens (tertiary/aromatic N) is 2. The van der Waals surface area contributed by atoms with Gasteiger partial charge in [0.05, 0.1) is 5.56 Å². The molecule has 0 aliphatic heterocycles. The molecular formula is C13H15N3O2. The topological polar surface area (TPSA) is 76.3 Å². The summed E-state index contributed by atoms with van der Waals surface area (Å²) in [5.41, 5.74) is 5.59. The Labute approximate surface area is 106 Å². The smallest absolute Gasteiger partial charge is 0.267 e. The Balaban J connectivity index is 2.90. The SMILES string of the molecule is C=CCN(CC=C)C(=O)c1ccc(C(N)=O)nc1. The number of carbonyl (C=O) groups excluding carboxylic acids is 2. The van der Waals surface area contributed by atoms with Gasteiger partial charge in [0.25, 0.3) is 11.8 Å². The number of rotatable bonds is 6. The van der Waals surface area contributed by atoms with Crippen LogP contribution in [0.2, 0.25) is 0 Å². The van der Waals surface area contributed by atoms with Gasteiger partial charge in [-0.2, -0.15) is 0 Å². The molecule has 1 rings (SSSR count). The van der Waals surface area contributed by atoms with Crippen LogP contribution >= 0.6 is 0 Å². The molecule has 1 heterocycles. The van der Waals surface area contributed by atoms with Gasteiger partial charge in [-0.3, -0.25) is 14.6 Å². The number of amides is 2. The highest BCUT2D eigenvalue weighted by Crippen LogP contribution is 2.05. The van der Waals surface area contributed by atoms with Crippen molar-refractivity contribution in [1.29, 1.82) is 0 Å². The minimum Gasteiger partial charge on any atom is -0.364 e. The van der Waals surface area contributed by atoms with Gasteiger partial charge in [-0.25, -0.2) is 0 Å². The first-order valence-corrected chi connectivity index (χ1v) is 5.37. The minimum absolute atomic E-state index is 0.130.